The van der Waals surface area contributed by atoms with Crippen molar-refractivity contribution >= 4 is 33.3 Å². The molecular weight excluding hydrogens is 310 g/mol. The number of rotatable bonds is 4. The van der Waals surface area contributed by atoms with Crippen molar-refractivity contribution in [3.8, 4) is 5.75 Å². The Labute approximate surface area is 119 Å². The maximum Gasteiger partial charge on any atom is 0.205 e. The number of hydrogen-bond donors (Lipinski definition) is 3. The first kappa shape index (κ1) is 13.6. The molecule has 0 saturated carbocycles. The Balaban J connectivity index is 2.41. The van der Waals surface area contributed by atoms with Crippen molar-refractivity contribution in [2.24, 2.45) is 5.84 Å². The van der Waals surface area contributed by atoms with E-state index in [1.807, 2.05) is 25.1 Å². The summed E-state index contributed by atoms with van der Waals surface area (Å²) in [5.74, 6) is 6.82. The van der Waals surface area contributed by atoms with Gasteiger partial charge >= 0.3 is 0 Å². The van der Waals surface area contributed by atoms with Crippen molar-refractivity contribution in [3.05, 3.63) is 34.6 Å². The Hall–Kier alpha value is -1.86. The molecule has 1 aromatic carbocycles. The molecule has 1 heterocycles. The van der Waals surface area contributed by atoms with Crippen molar-refractivity contribution in [1.29, 1.82) is 0 Å². The van der Waals surface area contributed by atoms with Gasteiger partial charge in [0.2, 0.25) is 5.75 Å². The molecule has 0 unspecified atom stereocenters. The van der Waals surface area contributed by atoms with Gasteiger partial charge in [0.1, 0.15) is 6.33 Å². The van der Waals surface area contributed by atoms with E-state index in [9.17, 15) is 0 Å². The zero-order valence-electron chi connectivity index (χ0n) is 10.6. The number of nitrogens with zero attached hydrogens (tertiary/aromatic N) is 2. The monoisotopic (exact) mass is 323 g/mol. The van der Waals surface area contributed by atoms with E-state index in [0.29, 0.717) is 17.4 Å². The first-order valence-corrected chi connectivity index (χ1v) is 6.34. The first-order valence-electron chi connectivity index (χ1n) is 5.55. The fourth-order valence-corrected chi connectivity index (χ4v) is 2.00. The Morgan fingerprint density at radius 1 is 1.26 bits per heavy atom. The van der Waals surface area contributed by atoms with Crippen LogP contribution in [0.1, 0.15) is 5.56 Å². The van der Waals surface area contributed by atoms with Gasteiger partial charge in [-0.25, -0.2) is 15.8 Å². The number of nitrogens with two attached hydrogens (primary N) is 1. The van der Waals surface area contributed by atoms with Gasteiger partial charge in [-0.3, -0.25) is 0 Å². The smallest absolute Gasteiger partial charge is 0.205 e. The van der Waals surface area contributed by atoms with E-state index in [2.05, 4.69) is 36.6 Å². The normalized spacial score (nSPS) is 10.1. The number of hydrogen-bond acceptors (Lipinski definition) is 6. The molecule has 7 heteroatoms. The van der Waals surface area contributed by atoms with Crippen LogP contribution in [0.4, 0.5) is 17.3 Å². The lowest BCUT2D eigenvalue weighted by Gasteiger charge is -2.14. The highest BCUT2D eigenvalue weighted by Crippen LogP contribution is 2.32. The van der Waals surface area contributed by atoms with Gasteiger partial charge in [-0.05, 0) is 24.6 Å². The maximum absolute atomic E-state index is 5.39. The highest BCUT2D eigenvalue weighted by atomic mass is 79.9. The average molecular weight is 324 g/mol. The van der Waals surface area contributed by atoms with Gasteiger partial charge in [0.25, 0.3) is 0 Å². The molecule has 0 radical (unpaired) electrons. The number of methoxy groups -OCH3 is 1. The third-order valence-electron chi connectivity index (χ3n) is 2.67. The van der Waals surface area contributed by atoms with E-state index in [4.69, 9.17) is 10.6 Å². The minimum atomic E-state index is 0.424. The Bertz CT molecular complexity index is 590. The molecule has 1 aromatic heterocycles. The molecule has 0 atom stereocenters. The van der Waals surface area contributed by atoms with E-state index < -0.39 is 0 Å². The van der Waals surface area contributed by atoms with Crippen molar-refractivity contribution < 1.29 is 4.74 Å². The SMILES string of the molecule is COc1c(NN)ncnc1Nc1cccc(Br)c1C. The van der Waals surface area contributed by atoms with Crippen molar-refractivity contribution in [2.45, 2.75) is 6.92 Å². The lowest BCUT2D eigenvalue weighted by atomic mass is 10.2. The third kappa shape index (κ3) is 2.77. The van der Waals surface area contributed by atoms with Gasteiger partial charge in [-0.1, -0.05) is 22.0 Å². The summed E-state index contributed by atoms with van der Waals surface area (Å²) in [5.41, 5.74) is 4.47. The summed E-state index contributed by atoms with van der Waals surface area (Å²) >= 11 is 3.49. The minimum Gasteiger partial charge on any atom is -0.490 e. The molecule has 0 aliphatic heterocycles. The van der Waals surface area contributed by atoms with Gasteiger partial charge in [0.15, 0.2) is 11.6 Å². The van der Waals surface area contributed by atoms with Gasteiger partial charge in [0.05, 0.1) is 7.11 Å². The molecule has 0 fully saturated rings. The van der Waals surface area contributed by atoms with Crippen LogP contribution in [0.3, 0.4) is 0 Å². The topological polar surface area (TPSA) is 85.1 Å². The second-order valence-electron chi connectivity index (χ2n) is 3.79. The van der Waals surface area contributed by atoms with Crippen LogP contribution in [0.15, 0.2) is 29.0 Å². The average Bonchev–Trinajstić information content (AvgIpc) is 2.43. The molecule has 6 nitrogen and oxygen atoms in total. The molecule has 0 aliphatic rings. The molecule has 2 aromatic rings. The number of anilines is 3. The highest BCUT2D eigenvalue weighted by molar-refractivity contribution is 9.10. The number of aromatic nitrogens is 2. The predicted molar refractivity (Wildman–Crippen MR) is 78.6 cm³/mol. The molecule has 0 saturated heterocycles. The second kappa shape index (κ2) is 5.85. The van der Waals surface area contributed by atoms with Crippen LogP contribution in [0.25, 0.3) is 0 Å². The summed E-state index contributed by atoms with van der Waals surface area (Å²) in [6.07, 6.45) is 1.41. The van der Waals surface area contributed by atoms with Crippen LogP contribution in [-0.4, -0.2) is 17.1 Å². The van der Waals surface area contributed by atoms with Gasteiger partial charge in [0, 0.05) is 10.2 Å². The van der Waals surface area contributed by atoms with Gasteiger partial charge in [-0.2, -0.15) is 0 Å². The lowest BCUT2D eigenvalue weighted by molar-refractivity contribution is 0.415. The van der Waals surface area contributed by atoms with Crippen LogP contribution in [-0.2, 0) is 0 Å². The molecule has 2 rings (SSSR count). The molecule has 4 N–H and O–H groups in total. The van der Waals surface area contributed by atoms with Crippen molar-refractivity contribution in [1.82, 2.24) is 9.97 Å². The Morgan fingerprint density at radius 3 is 2.68 bits per heavy atom. The van der Waals surface area contributed by atoms with E-state index in [0.717, 1.165) is 15.7 Å². The lowest BCUT2D eigenvalue weighted by Crippen LogP contribution is -2.11. The summed E-state index contributed by atoms with van der Waals surface area (Å²) < 4.78 is 6.28. The van der Waals surface area contributed by atoms with Gasteiger partial charge in [-0.15, -0.1) is 0 Å². The largest absolute Gasteiger partial charge is 0.490 e. The van der Waals surface area contributed by atoms with Crippen LogP contribution in [0, 0.1) is 6.92 Å². The molecule has 19 heavy (non-hydrogen) atoms. The maximum atomic E-state index is 5.39. The summed E-state index contributed by atoms with van der Waals surface area (Å²) in [7, 11) is 1.54. The summed E-state index contributed by atoms with van der Waals surface area (Å²) in [5, 5.41) is 3.21. The molecular formula is C12H14BrN5O. The highest BCUT2D eigenvalue weighted by Gasteiger charge is 2.12. The molecule has 0 aliphatic carbocycles. The fraction of sp³-hybridized carbons (Fsp3) is 0.167. The molecule has 0 spiro atoms. The molecule has 0 amide bonds. The quantitative estimate of drug-likeness (QED) is 0.592. The standard InChI is InChI=1S/C12H14BrN5O/c1-7-8(13)4-3-5-9(7)17-11-10(19-2)12(18-14)16-6-15-11/h3-6H,14H2,1-2H3,(H2,15,16,17,18). The fourth-order valence-electron chi connectivity index (χ4n) is 1.63. The van der Waals surface area contributed by atoms with E-state index in [1.54, 1.807) is 7.11 Å². The Kier molecular flexibility index (Phi) is 4.18. The zero-order valence-corrected chi connectivity index (χ0v) is 12.2. The van der Waals surface area contributed by atoms with Crippen LogP contribution in [0.2, 0.25) is 0 Å². The number of benzene rings is 1. The molecule has 0 bridgehead atoms. The summed E-state index contributed by atoms with van der Waals surface area (Å²) in [6.45, 7) is 2.00. The van der Waals surface area contributed by atoms with Crippen molar-refractivity contribution in [2.75, 3.05) is 17.9 Å². The molecule has 100 valence electrons. The first-order chi connectivity index (χ1) is 9.17. The van der Waals surface area contributed by atoms with Crippen LogP contribution >= 0.6 is 15.9 Å². The Morgan fingerprint density at radius 2 is 2.00 bits per heavy atom. The number of nitrogens with one attached hydrogen (secondary N) is 2. The predicted octanol–water partition coefficient (Wildman–Crippen LogP) is 2.59. The van der Waals surface area contributed by atoms with Crippen LogP contribution < -0.4 is 21.3 Å². The van der Waals surface area contributed by atoms with Crippen LogP contribution in [0.5, 0.6) is 5.75 Å². The van der Waals surface area contributed by atoms with Crippen molar-refractivity contribution in [3.63, 3.8) is 0 Å². The summed E-state index contributed by atoms with van der Waals surface area (Å²) in [4.78, 5) is 8.15. The van der Waals surface area contributed by atoms with E-state index in [1.165, 1.54) is 6.33 Å². The second-order valence-corrected chi connectivity index (χ2v) is 4.64. The number of ether oxygens (including phenoxy) is 1. The summed E-state index contributed by atoms with van der Waals surface area (Å²) in [6, 6.07) is 5.87. The number of halogens is 1. The third-order valence-corrected chi connectivity index (χ3v) is 3.52. The van der Waals surface area contributed by atoms with Gasteiger partial charge < -0.3 is 15.5 Å². The number of nitrogen functional groups attached to an aromatic ring is 1. The number of hydrazine groups is 1. The van der Waals surface area contributed by atoms with E-state index in [-0.39, 0.29) is 0 Å². The van der Waals surface area contributed by atoms with E-state index >= 15 is 0 Å². The zero-order chi connectivity index (χ0) is 13.8. The minimum absolute atomic E-state index is 0.424.